The van der Waals surface area contributed by atoms with E-state index in [-0.39, 0.29) is 41.6 Å². The molecule has 1 N–H and O–H groups in total. The van der Waals surface area contributed by atoms with Gasteiger partial charge in [-0.25, -0.2) is 9.59 Å². The van der Waals surface area contributed by atoms with Gasteiger partial charge in [-0.15, -0.1) is 11.8 Å². The standard InChI is InChI=1S/C21H20N2O6S/c1-28-20(26)13-9-14(21(27)29-2)11-15(10-13)22-18(24)7-8-23-16-5-3-4-6-17(16)30-12-19(23)25/h3-6,9-11H,7-8,12H2,1-2H3,(H,22,24). The zero-order valence-electron chi connectivity index (χ0n) is 16.5. The zero-order chi connectivity index (χ0) is 21.7. The Morgan fingerprint density at radius 2 is 1.67 bits per heavy atom. The molecule has 1 aliphatic rings. The van der Waals surface area contributed by atoms with Gasteiger partial charge < -0.3 is 19.7 Å². The van der Waals surface area contributed by atoms with Crippen molar-refractivity contribution < 1.29 is 28.7 Å². The Kier molecular flexibility index (Phi) is 6.73. The van der Waals surface area contributed by atoms with Gasteiger partial charge in [0.05, 0.1) is 36.8 Å². The fourth-order valence-corrected chi connectivity index (χ4v) is 3.94. The normalized spacial score (nSPS) is 12.7. The number of nitrogens with zero attached hydrogens (tertiary/aromatic N) is 1. The fourth-order valence-electron chi connectivity index (χ4n) is 3.01. The number of thioether (sulfide) groups is 1. The molecule has 1 aliphatic heterocycles. The van der Waals surface area contributed by atoms with Crippen LogP contribution in [0.25, 0.3) is 0 Å². The van der Waals surface area contributed by atoms with Crippen molar-refractivity contribution in [3.63, 3.8) is 0 Å². The smallest absolute Gasteiger partial charge is 0.337 e. The summed E-state index contributed by atoms with van der Waals surface area (Å²) in [6, 6.07) is 11.7. The highest BCUT2D eigenvalue weighted by atomic mass is 32.2. The van der Waals surface area contributed by atoms with E-state index < -0.39 is 11.9 Å². The maximum atomic E-state index is 12.5. The average molecular weight is 428 g/mol. The van der Waals surface area contributed by atoms with Crippen molar-refractivity contribution in [3.8, 4) is 0 Å². The number of amides is 2. The quantitative estimate of drug-likeness (QED) is 0.706. The van der Waals surface area contributed by atoms with E-state index in [4.69, 9.17) is 0 Å². The summed E-state index contributed by atoms with van der Waals surface area (Å²) in [5, 5.41) is 2.66. The van der Waals surface area contributed by atoms with Crippen LogP contribution in [0.2, 0.25) is 0 Å². The van der Waals surface area contributed by atoms with Gasteiger partial charge in [-0.3, -0.25) is 9.59 Å². The van der Waals surface area contributed by atoms with Crippen LogP contribution in [0.1, 0.15) is 27.1 Å². The molecule has 9 heteroatoms. The number of benzene rings is 2. The van der Waals surface area contributed by atoms with Gasteiger partial charge >= 0.3 is 11.9 Å². The molecule has 8 nitrogen and oxygen atoms in total. The summed E-state index contributed by atoms with van der Waals surface area (Å²) in [4.78, 5) is 51.1. The molecule has 0 atom stereocenters. The van der Waals surface area contributed by atoms with Crippen LogP contribution in [0, 0.1) is 0 Å². The Labute approximate surface area is 177 Å². The van der Waals surface area contributed by atoms with Gasteiger partial charge in [0.25, 0.3) is 0 Å². The lowest BCUT2D eigenvalue weighted by atomic mass is 10.1. The Hall–Kier alpha value is -3.33. The third-order valence-electron chi connectivity index (χ3n) is 4.43. The summed E-state index contributed by atoms with van der Waals surface area (Å²) >= 11 is 1.47. The van der Waals surface area contributed by atoms with Crippen LogP contribution in [0.5, 0.6) is 0 Å². The molecular weight excluding hydrogens is 408 g/mol. The van der Waals surface area contributed by atoms with E-state index in [1.54, 1.807) is 4.90 Å². The molecule has 2 aromatic rings. The molecule has 0 unspecified atom stereocenters. The van der Waals surface area contributed by atoms with Gasteiger partial charge in [0.15, 0.2) is 0 Å². The number of hydrogen-bond donors (Lipinski definition) is 1. The number of fused-ring (bicyclic) bond motifs is 1. The number of esters is 2. The number of hydrogen-bond acceptors (Lipinski definition) is 7. The van der Waals surface area contributed by atoms with Crippen molar-refractivity contribution in [2.45, 2.75) is 11.3 Å². The summed E-state index contributed by atoms with van der Waals surface area (Å²) in [5.41, 5.74) is 1.25. The SMILES string of the molecule is COC(=O)c1cc(NC(=O)CCN2C(=O)CSc3ccccc32)cc(C(=O)OC)c1. The first kappa shape index (κ1) is 21.4. The molecular formula is C21H20N2O6S. The van der Waals surface area contributed by atoms with Gasteiger partial charge in [-0.05, 0) is 30.3 Å². The first-order valence-corrected chi connectivity index (χ1v) is 10.0. The van der Waals surface area contributed by atoms with Gasteiger partial charge in [0, 0.05) is 23.5 Å². The Morgan fingerprint density at radius 3 is 2.30 bits per heavy atom. The number of carbonyl (C=O) groups is 4. The Balaban J connectivity index is 1.72. The molecule has 0 aromatic heterocycles. The van der Waals surface area contributed by atoms with Crippen LogP contribution in [0.4, 0.5) is 11.4 Å². The third-order valence-corrected chi connectivity index (χ3v) is 5.48. The summed E-state index contributed by atoms with van der Waals surface area (Å²) in [6.45, 7) is 0.211. The van der Waals surface area contributed by atoms with Crippen molar-refractivity contribution >= 4 is 46.9 Å². The molecule has 0 spiro atoms. The Bertz CT molecular complexity index is 972. The minimum absolute atomic E-state index is 0.0424. The number of nitrogens with one attached hydrogen (secondary N) is 1. The monoisotopic (exact) mass is 428 g/mol. The molecule has 156 valence electrons. The van der Waals surface area contributed by atoms with E-state index in [1.165, 1.54) is 44.2 Å². The number of rotatable bonds is 6. The maximum absolute atomic E-state index is 12.5. The topological polar surface area (TPSA) is 102 Å². The van der Waals surface area contributed by atoms with E-state index >= 15 is 0 Å². The number of ether oxygens (including phenoxy) is 2. The van der Waals surface area contributed by atoms with Crippen LogP contribution in [-0.4, -0.2) is 50.3 Å². The van der Waals surface area contributed by atoms with Crippen LogP contribution in [0.3, 0.4) is 0 Å². The Morgan fingerprint density at radius 1 is 1.03 bits per heavy atom. The summed E-state index contributed by atoms with van der Waals surface area (Å²) < 4.78 is 9.37. The van der Waals surface area contributed by atoms with Gasteiger partial charge in [-0.2, -0.15) is 0 Å². The largest absolute Gasteiger partial charge is 0.465 e. The second-order valence-corrected chi connectivity index (χ2v) is 7.40. The van der Waals surface area contributed by atoms with Gasteiger partial charge in [-0.1, -0.05) is 12.1 Å². The molecule has 0 saturated heterocycles. The molecule has 2 aromatic carbocycles. The summed E-state index contributed by atoms with van der Waals surface area (Å²) in [6.07, 6.45) is 0.0424. The lowest BCUT2D eigenvalue weighted by Crippen LogP contribution is -2.37. The summed E-state index contributed by atoms with van der Waals surface area (Å²) in [7, 11) is 2.44. The molecule has 3 rings (SSSR count). The number of carbonyl (C=O) groups excluding carboxylic acids is 4. The predicted octanol–water partition coefficient (Wildman–Crippen LogP) is 2.73. The molecule has 0 saturated carbocycles. The van der Waals surface area contributed by atoms with Crippen molar-refractivity contribution in [1.29, 1.82) is 0 Å². The minimum Gasteiger partial charge on any atom is -0.465 e. The van der Waals surface area contributed by atoms with E-state index in [9.17, 15) is 19.2 Å². The van der Waals surface area contributed by atoms with E-state index in [0.29, 0.717) is 5.75 Å². The molecule has 0 radical (unpaired) electrons. The molecule has 0 aliphatic carbocycles. The highest BCUT2D eigenvalue weighted by Crippen LogP contribution is 2.34. The van der Waals surface area contributed by atoms with Gasteiger partial charge in [0.1, 0.15) is 0 Å². The van der Waals surface area contributed by atoms with Crippen LogP contribution < -0.4 is 10.2 Å². The maximum Gasteiger partial charge on any atom is 0.337 e. The lowest BCUT2D eigenvalue weighted by molar-refractivity contribution is -0.117. The molecule has 0 bridgehead atoms. The third kappa shape index (κ3) is 4.80. The predicted molar refractivity (Wildman–Crippen MR) is 112 cm³/mol. The fraction of sp³-hybridized carbons (Fsp3) is 0.238. The molecule has 1 heterocycles. The van der Waals surface area contributed by atoms with Crippen LogP contribution >= 0.6 is 11.8 Å². The van der Waals surface area contributed by atoms with Crippen molar-refractivity contribution in [3.05, 3.63) is 53.6 Å². The van der Waals surface area contributed by atoms with Crippen LogP contribution in [0.15, 0.2) is 47.4 Å². The first-order valence-electron chi connectivity index (χ1n) is 9.06. The first-order chi connectivity index (χ1) is 14.4. The van der Waals surface area contributed by atoms with Crippen molar-refractivity contribution in [2.75, 3.05) is 36.7 Å². The van der Waals surface area contributed by atoms with Gasteiger partial charge in [0.2, 0.25) is 11.8 Å². The second-order valence-electron chi connectivity index (χ2n) is 6.38. The lowest BCUT2D eigenvalue weighted by Gasteiger charge is -2.28. The zero-order valence-corrected chi connectivity index (χ0v) is 17.3. The molecule has 30 heavy (non-hydrogen) atoms. The van der Waals surface area contributed by atoms with Crippen molar-refractivity contribution in [1.82, 2.24) is 0 Å². The highest BCUT2D eigenvalue weighted by molar-refractivity contribution is 8.00. The highest BCUT2D eigenvalue weighted by Gasteiger charge is 2.24. The van der Waals surface area contributed by atoms with E-state index in [1.807, 2.05) is 24.3 Å². The average Bonchev–Trinajstić information content (AvgIpc) is 2.77. The minimum atomic E-state index is -0.649. The molecule has 0 fully saturated rings. The summed E-state index contributed by atoms with van der Waals surface area (Å²) in [5.74, 6) is -1.40. The molecule has 2 amide bonds. The van der Waals surface area contributed by atoms with E-state index in [2.05, 4.69) is 14.8 Å². The number of methoxy groups -OCH3 is 2. The number of para-hydroxylation sites is 1. The second kappa shape index (κ2) is 9.45. The van der Waals surface area contributed by atoms with Crippen molar-refractivity contribution in [2.24, 2.45) is 0 Å². The number of anilines is 2. The van der Waals surface area contributed by atoms with Crippen LogP contribution in [-0.2, 0) is 19.1 Å². The van der Waals surface area contributed by atoms with E-state index in [0.717, 1.165) is 10.6 Å².